The minimum Gasteiger partial charge on any atom is -0.484 e. The minimum absolute atomic E-state index is 0.114. The number of amides is 3. The zero-order valence-electron chi connectivity index (χ0n) is 21.4. The molecule has 2 rings (SSSR count). The second-order valence-corrected chi connectivity index (χ2v) is 9.46. The van der Waals surface area contributed by atoms with Gasteiger partial charge in [-0.15, -0.1) is 0 Å². The summed E-state index contributed by atoms with van der Waals surface area (Å²) in [5.41, 5.74) is 0.572. The number of alkyl halides is 5. The van der Waals surface area contributed by atoms with Crippen LogP contribution in [-0.2, 0) is 25.6 Å². The van der Waals surface area contributed by atoms with Gasteiger partial charge < -0.3 is 20.7 Å². The van der Waals surface area contributed by atoms with Crippen LogP contribution in [0, 0.1) is 5.92 Å². The van der Waals surface area contributed by atoms with Crippen LogP contribution in [0.25, 0.3) is 0 Å². The van der Waals surface area contributed by atoms with E-state index < -0.39 is 66.8 Å². The summed E-state index contributed by atoms with van der Waals surface area (Å²) in [6.07, 6.45) is -5.10. The van der Waals surface area contributed by atoms with E-state index in [1.165, 1.54) is 26.0 Å². The van der Waals surface area contributed by atoms with Gasteiger partial charge in [0, 0.05) is 11.4 Å². The van der Waals surface area contributed by atoms with Crippen LogP contribution in [0.1, 0.15) is 19.4 Å². The average molecular weight is 592 g/mol. The van der Waals surface area contributed by atoms with Crippen LogP contribution in [0.15, 0.2) is 54.6 Å². The van der Waals surface area contributed by atoms with Gasteiger partial charge in [0.1, 0.15) is 18.3 Å². The number of nitrogens with one attached hydrogen (secondary N) is 3. The highest BCUT2D eigenvalue weighted by Crippen LogP contribution is 2.22. The Hall–Kier alpha value is -3.74. The zero-order valence-corrected chi connectivity index (χ0v) is 22.1. The quantitative estimate of drug-likeness (QED) is 0.244. The fourth-order valence-electron chi connectivity index (χ4n) is 3.39. The van der Waals surface area contributed by atoms with Crippen molar-refractivity contribution in [1.29, 1.82) is 0 Å². The van der Waals surface area contributed by atoms with Crippen LogP contribution in [0.5, 0.6) is 5.75 Å². The topological polar surface area (TPSA) is 114 Å². The SMILES string of the molecule is CC(C)[C@H](NC(=O)C(Cc1ccccc1)NC(=O)COc1cccc(Cl)c1)C(=O)C(F)(F)C(=O)NCC(F)(F)F. The Morgan fingerprint density at radius 3 is 2.15 bits per heavy atom. The fourth-order valence-corrected chi connectivity index (χ4v) is 3.57. The van der Waals surface area contributed by atoms with E-state index in [-0.39, 0.29) is 12.2 Å². The molecule has 0 saturated carbocycles. The second kappa shape index (κ2) is 14.1. The van der Waals surface area contributed by atoms with Gasteiger partial charge >= 0.3 is 12.1 Å². The molecule has 0 heterocycles. The molecule has 0 aromatic heterocycles. The number of rotatable bonds is 13. The van der Waals surface area contributed by atoms with Gasteiger partial charge in [-0.25, -0.2) is 0 Å². The molecule has 0 aliphatic heterocycles. The normalized spacial score (nSPS) is 13.2. The third-order valence-electron chi connectivity index (χ3n) is 5.39. The van der Waals surface area contributed by atoms with E-state index in [9.17, 15) is 41.1 Å². The Morgan fingerprint density at radius 1 is 0.925 bits per heavy atom. The highest BCUT2D eigenvalue weighted by Gasteiger charge is 2.52. The molecule has 2 aromatic carbocycles. The van der Waals surface area contributed by atoms with Gasteiger partial charge in [0.05, 0.1) is 6.04 Å². The number of carbonyl (C=O) groups excluding carboxylic acids is 4. The van der Waals surface area contributed by atoms with Crippen LogP contribution in [0.4, 0.5) is 22.0 Å². The van der Waals surface area contributed by atoms with E-state index in [1.807, 2.05) is 0 Å². The first kappa shape index (κ1) is 32.5. The fraction of sp³-hybridized carbons (Fsp3) is 0.385. The Morgan fingerprint density at radius 2 is 1.57 bits per heavy atom. The standard InChI is InChI=1S/C26H27ClF5N3O5/c1-15(2)21(22(37)26(31,32)24(39)33-14-25(28,29)30)35-23(38)19(11-16-7-4-3-5-8-16)34-20(36)13-40-18-10-6-9-17(27)12-18/h3-10,12,15,19,21H,11,13-14H2,1-2H3,(H,33,39)(H,34,36)(H,35,38)/t19?,21-/m0/s1. The Kier molecular flexibility index (Phi) is 11.4. The summed E-state index contributed by atoms with van der Waals surface area (Å²) in [5.74, 6) is -12.0. The summed E-state index contributed by atoms with van der Waals surface area (Å²) >= 11 is 5.88. The maximum Gasteiger partial charge on any atom is 0.405 e. The molecular weight excluding hydrogens is 565 g/mol. The lowest BCUT2D eigenvalue weighted by Gasteiger charge is -2.27. The van der Waals surface area contributed by atoms with Crippen LogP contribution in [0.3, 0.4) is 0 Å². The summed E-state index contributed by atoms with van der Waals surface area (Å²) < 4.78 is 71.4. The largest absolute Gasteiger partial charge is 0.484 e. The van der Waals surface area contributed by atoms with Crippen LogP contribution in [0.2, 0.25) is 5.02 Å². The third-order valence-corrected chi connectivity index (χ3v) is 5.63. The summed E-state index contributed by atoms with van der Waals surface area (Å²) in [4.78, 5) is 50.0. The lowest BCUT2D eigenvalue weighted by atomic mass is 9.94. The summed E-state index contributed by atoms with van der Waals surface area (Å²) in [7, 11) is 0. The molecule has 8 nitrogen and oxygen atoms in total. The second-order valence-electron chi connectivity index (χ2n) is 9.02. The van der Waals surface area contributed by atoms with Crippen molar-refractivity contribution in [3.8, 4) is 5.75 Å². The molecule has 0 aliphatic carbocycles. The molecule has 3 N–H and O–H groups in total. The van der Waals surface area contributed by atoms with E-state index in [4.69, 9.17) is 16.3 Å². The maximum atomic E-state index is 14.5. The number of halogens is 6. The van der Waals surface area contributed by atoms with Crippen molar-refractivity contribution in [2.24, 2.45) is 5.92 Å². The molecule has 218 valence electrons. The number of benzene rings is 2. The molecule has 40 heavy (non-hydrogen) atoms. The van der Waals surface area contributed by atoms with E-state index in [1.54, 1.807) is 42.5 Å². The van der Waals surface area contributed by atoms with E-state index in [2.05, 4.69) is 10.6 Å². The number of ether oxygens (including phenoxy) is 1. The molecule has 0 bridgehead atoms. The van der Waals surface area contributed by atoms with Crippen LogP contribution in [-0.4, -0.2) is 60.8 Å². The summed E-state index contributed by atoms with van der Waals surface area (Å²) in [5, 5.41) is 5.86. The van der Waals surface area contributed by atoms with Crippen molar-refractivity contribution < 1.29 is 45.9 Å². The molecule has 2 atom stereocenters. The van der Waals surface area contributed by atoms with Gasteiger partial charge in [-0.3, -0.25) is 19.2 Å². The molecule has 2 aromatic rings. The van der Waals surface area contributed by atoms with E-state index in [0.717, 1.165) is 5.32 Å². The molecule has 0 fully saturated rings. The average Bonchev–Trinajstić information content (AvgIpc) is 2.88. The predicted octanol–water partition coefficient (Wildman–Crippen LogP) is 3.47. The monoisotopic (exact) mass is 591 g/mol. The molecule has 14 heteroatoms. The highest BCUT2D eigenvalue weighted by atomic mass is 35.5. The summed E-state index contributed by atoms with van der Waals surface area (Å²) in [6, 6.07) is 11.1. The maximum absolute atomic E-state index is 14.5. The zero-order chi connectivity index (χ0) is 30.1. The number of Topliss-reactive ketones (excluding diaryl/α,β-unsaturated/α-hetero) is 1. The van der Waals surface area contributed by atoms with E-state index in [0.29, 0.717) is 10.6 Å². The lowest BCUT2D eigenvalue weighted by molar-refractivity contribution is -0.165. The van der Waals surface area contributed by atoms with Gasteiger partial charge in [0.2, 0.25) is 11.7 Å². The summed E-state index contributed by atoms with van der Waals surface area (Å²) in [6.45, 7) is -0.0366. The minimum atomic E-state index is -4.99. The molecule has 0 spiro atoms. The number of carbonyl (C=O) groups is 4. The molecule has 0 aliphatic rings. The molecule has 3 amide bonds. The number of ketones is 1. The number of hydrogen-bond donors (Lipinski definition) is 3. The van der Waals surface area contributed by atoms with E-state index >= 15 is 0 Å². The van der Waals surface area contributed by atoms with Gasteiger partial charge in [-0.05, 0) is 29.7 Å². The molecular formula is C26H27ClF5N3O5. The molecule has 1 unspecified atom stereocenters. The Labute approximate surface area is 231 Å². The predicted molar refractivity (Wildman–Crippen MR) is 135 cm³/mol. The van der Waals surface area contributed by atoms with Crippen molar-refractivity contribution in [3.63, 3.8) is 0 Å². The van der Waals surface area contributed by atoms with Gasteiger partial charge in [-0.2, -0.15) is 22.0 Å². The van der Waals surface area contributed by atoms with Gasteiger partial charge in [0.25, 0.3) is 11.8 Å². The van der Waals surface area contributed by atoms with Crippen molar-refractivity contribution >= 4 is 35.1 Å². The lowest BCUT2D eigenvalue weighted by Crippen LogP contribution is -2.59. The first-order valence-electron chi connectivity index (χ1n) is 11.9. The van der Waals surface area contributed by atoms with Crippen molar-refractivity contribution in [1.82, 2.24) is 16.0 Å². The van der Waals surface area contributed by atoms with Crippen LogP contribution < -0.4 is 20.7 Å². The first-order chi connectivity index (χ1) is 18.6. The smallest absolute Gasteiger partial charge is 0.405 e. The van der Waals surface area contributed by atoms with Crippen molar-refractivity contribution in [3.05, 3.63) is 65.2 Å². The van der Waals surface area contributed by atoms with Crippen molar-refractivity contribution in [2.75, 3.05) is 13.2 Å². The van der Waals surface area contributed by atoms with Gasteiger partial charge in [0.15, 0.2) is 6.61 Å². The molecule has 0 radical (unpaired) electrons. The van der Waals surface area contributed by atoms with Crippen LogP contribution >= 0.6 is 11.6 Å². The first-order valence-corrected chi connectivity index (χ1v) is 12.3. The third kappa shape index (κ3) is 10.1. The number of hydrogen-bond acceptors (Lipinski definition) is 5. The molecule has 0 saturated heterocycles. The van der Waals surface area contributed by atoms with Crippen molar-refractivity contribution in [2.45, 2.75) is 44.5 Å². The Balaban J connectivity index is 2.19. The highest BCUT2D eigenvalue weighted by molar-refractivity contribution is 6.30. The van der Waals surface area contributed by atoms with Gasteiger partial charge in [-0.1, -0.05) is 61.8 Å². The Bertz CT molecular complexity index is 1190.